The lowest BCUT2D eigenvalue weighted by molar-refractivity contribution is 0.583. The van der Waals surface area contributed by atoms with Crippen LogP contribution in [0.1, 0.15) is 54.4 Å². The van der Waals surface area contributed by atoms with Crippen LogP contribution < -0.4 is 5.32 Å². The molecule has 3 nitrogen and oxygen atoms in total. The summed E-state index contributed by atoms with van der Waals surface area (Å²) in [5.74, 6) is -0.162. The molecule has 0 saturated carbocycles. The van der Waals surface area contributed by atoms with E-state index in [1.807, 2.05) is 12.1 Å². The molecule has 1 aromatic carbocycles. The number of aryl methyl sites for hydroxylation is 2. The second-order valence-corrected chi connectivity index (χ2v) is 6.02. The Morgan fingerprint density at radius 1 is 1.29 bits per heavy atom. The molecule has 0 fully saturated rings. The highest BCUT2D eigenvalue weighted by Crippen LogP contribution is 2.29. The highest BCUT2D eigenvalue weighted by atomic mass is 32.1. The van der Waals surface area contributed by atoms with Crippen LogP contribution in [0.3, 0.4) is 0 Å². The number of hydrogen-bond donors (Lipinski definition) is 1. The summed E-state index contributed by atoms with van der Waals surface area (Å²) in [7, 11) is 0. The first kappa shape index (κ1) is 16.0. The first-order valence-corrected chi connectivity index (χ1v) is 8.25. The summed E-state index contributed by atoms with van der Waals surface area (Å²) < 4.78 is 18.0. The van der Waals surface area contributed by atoms with Gasteiger partial charge in [0.05, 0.1) is 16.6 Å². The molecule has 0 aliphatic rings. The van der Waals surface area contributed by atoms with Crippen molar-refractivity contribution in [3.05, 3.63) is 45.7 Å². The lowest BCUT2D eigenvalue weighted by Crippen LogP contribution is -2.23. The van der Waals surface area contributed by atoms with Gasteiger partial charge in [-0.2, -0.15) is 0 Å². The Hall–Kier alpha value is -1.33. The van der Waals surface area contributed by atoms with Gasteiger partial charge in [-0.25, -0.2) is 4.39 Å². The highest BCUT2D eigenvalue weighted by molar-refractivity contribution is 7.05. The van der Waals surface area contributed by atoms with Gasteiger partial charge in [-0.3, -0.25) is 0 Å². The molecule has 2 aromatic rings. The molecule has 0 amide bonds. The van der Waals surface area contributed by atoms with E-state index in [0.717, 1.165) is 41.9 Å². The van der Waals surface area contributed by atoms with Gasteiger partial charge in [-0.15, -0.1) is 5.10 Å². The van der Waals surface area contributed by atoms with Crippen LogP contribution in [0.25, 0.3) is 0 Å². The second-order valence-electron chi connectivity index (χ2n) is 5.23. The van der Waals surface area contributed by atoms with Gasteiger partial charge < -0.3 is 5.32 Å². The van der Waals surface area contributed by atoms with Crippen LogP contribution in [-0.4, -0.2) is 16.1 Å². The fraction of sp³-hybridized carbons (Fsp3) is 0.500. The molecule has 0 spiro atoms. The van der Waals surface area contributed by atoms with Gasteiger partial charge in [0.2, 0.25) is 0 Å². The molecule has 0 aliphatic heterocycles. The van der Waals surface area contributed by atoms with Crippen LogP contribution in [0.4, 0.5) is 4.39 Å². The van der Waals surface area contributed by atoms with Crippen molar-refractivity contribution in [2.24, 2.45) is 0 Å². The number of aromatic nitrogens is 2. The summed E-state index contributed by atoms with van der Waals surface area (Å²) in [6, 6.07) is 5.42. The lowest BCUT2D eigenvalue weighted by Gasteiger charge is -2.18. The third kappa shape index (κ3) is 3.86. The van der Waals surface area contributed by atoms with E-state index in [0.29, 0.717) is 5.56 Å². The normalized spacial score (nSPS) is 12.6. The lowest BCUT2D eigenvalue weighted by atomic mass is 10.0. The van der Waals surface area contributed by atoms with E-state index < -0.39 is 0 Å². The third-order valence-electron chi connectivity index (χ3n) is 3.46. The zero-order valence-corrected chi connectivity index (χ0v) is 13.6. The first-order chi connectivity index (χ1) is 10.2. The quantitative estimate of drug-likeness (QED) is 0.839. The fourth-order valence-electron chi connectivity index (χ4n) is 2.28. The van der Waals surface area contributed by atoms with Crippen LogP contribution in [0.2, 0.25) is 0 Å². The van der Waals surface area contributed by atoms with Gasteiger partial charge >= 0.3 is 0 Å². The van der Waals surface area contributed by atoms with E-state index in [2.05, 4.69) is 28.8 Å². The van der Waals surface area contributed by atoms with Crippen molar-refractivity contribution in [3.63, 3.8) is 0 Å². The van der Waals surface area contributed by atoms with Gasteiger partial charge in [0.15, 0.2) is 0 Å². The Bertz CT molecular complexity index is 583. The van der Waals surface area contributed by atoms with Gasteiger partial charge in [-0.1, -0.05) is 36.9 Å². The van der Waals surface area contributed by atoms with Gasteiger partial charge in [-0.05, 0) is 55.0 Å². The Morgan fingerprint density at radius 2 is 2.10 bits per heavy atom. The maximum atomic E-state index is 13.9. The highest BCUT2D eigenvalue weighted by Gasteiger charge is 2.21. The zero-order valence-electron chi connectivity index (χ0n) is 12.8. The Labute approximate surface area is 129 Å². The average molecular weight is 307 g/mol. The average Bonchev–Trinajstić information content (AvgIpc) is 2.92. The van der Waals surface area contributed by atoms with Crippen LogP contribution >= 0.6 is 11.5 Å². The fourth-order valence-corrected chi connectivity index (χ4v) is 3.08. The third-order valence-corrected chi connectivity index (χ3v) is 4.29. The molecule has 1 N–H and O–H groups in total. The molecule has 5 heteroatoms. The van der Waals surface area contributed by atoms with E-state index >= 15 is 0 Å². The summed E-state index contributed by atoms with van der Waals surface area (Å²) in [6.07, 6.45) is 2.96. The molecule has 0 radical (unpaired) electrons. The number of hydrogen-bond acceptors (Lipinski definition) is 4. The predicted molar refractivity (Wildman–Crippen MR) is 85.2 cm³/mol. The van der Waals surface area contributed by atoms with E-state index in [9.17, 15) is 4.39 Å². The van der Waals surface area contributed by atoms with Gasteiger partial charge in [0.25, 0.3) is 0 Å². The van der Waals surface area contributed by atoms with E-state index in [1.54, 1.807) is 13.0 Å². The molecule has 0 aliphatic carbocycles. The van der Waals surface area contributed by atoms with Crippen LogP contribution in [0.5, 0.6) is 0 Å². The molecule has 21 heavy (non-hydrogen) atoms. The monoisotopic (exact) mass is 307 g/mol. The van der Waals surface area contributed by atoms with Crippen LogP contribution in [0, 0.1) is 12.7 Å². The summed E-state index contributed by atoms with van der Waals surface area (Å²) in [5.41, 5.74) is 2.64. The number of nitrogens with one attached hydrogen (secondary N) is 1. The molecule has 0 bridgehead atoms. The molecule has 2 rings (SSSR count). The predicted octanol–water partition coefficient (Wildman–Crippen LogP) is 4.03. The number of rotatable bonds is 7. The Kier molecular flexibility index (Phi) is 5.82. The molecule has 114 valence electrons. The Balaban J connectivity index is 2.37. The number of nitrogens with zero attached hydrogens (tertiary/aromatic N) is 2. The molecule has 0 saturated heterocycles. The van der Waals surface area contributed by atoms with Crippen molar-refractivity contribution in [1.82, 2.24) is 14.9 Å². The largest absolute Gasteiger partial charge is 0.305 e. The van der Waals surface area contributed by atoms with Crippen molar-refractivity contribution in [2.45, 2.75) is 46.1 Å². The molecule has 1 heterocycles. The summed E-state index contributed by atoms with van der Waals surface area (Å²) in [4.78, 5) is 1.11. The first-order valence-electron chi connectivity index (χ1n) is 7.47. The minimum Gasteiger partial charge on any atom is -0.305 e. The van der Waals surface area contributed by atoms with Crippen LogP contribution in [-0.2, 0) is 6.42 Å². The minimum atomic E-state index is -0.162. The second kappa shape index (κ2) is 7.61. The van der Waals surface area contributed by atoms with Gasteiger partial charge in [0.1, 0.15) is 5.82 Å². The summed E-state index contributed by atoms with van der Waals surface area (Å²) in [5, 5.41) is 7.73. The maximum absolute atomic E-state index is 13.9. The molecule has 1 aromatic heterocycles. The smallest absolute Gasteiger partial charge is 0.126 e. The van der Waals surface area contributed by atoms with Gasteiger partial charge in [0, 0.05) is 0 Å². The SMILES string of the molecule is CCCNC(c1ccc(C)c(F)c1)c1snnc1CCC. The Morgan fingerprint density at radius 3 is 2.76 bits per heavy atom. The molecule has 1 unspecified atom stereocenters. The van der Waals surface area contributed by atoms with Crippen molar-refractivity contribution in [3.8, 4) is 0 Å². The number of halogens is 1. The minimum absolute atomic E-state index is 0.0263. The van der Waals surface area contributed by atoms with Crippen molar-refractivity contribution in [2.75, 3.05) is 6.54 Å². The molecular weight excluding hydrogens is 285 g/mol. The van der Waals surface area contributed by atoms with Crippen LogP contribution in [0.15, 0.2) is 18.2 Å². The standard InChI is InChI=1S/C16H22FN3S/c1-4-6-14-16(21-20-19-14)15(18-9-5-2)12-8-7-11(3)13(17)10-12/h7-8,10,15,18H,4-6,9H2,1-3H3. The van der Waals surface area contributed by atoms with E-state index in [-0.39, 0.29) is 11.9 Å². The van der Waals surface area contributed by atoms with Crippen molar-refractivity contribution in [1.29, 1.82) is 0 Å². The summed E-state index contributed by atoms with van der Waals surface area (Å²) >= 11 is 1.41. The topological polar surface area (TPSA) is 37.8 Å². The zero-order chi connectivity index (χ0) is 15.2. The maximum Gasteiger partial charge on any atom is 0.126 e. The van der Waals surface area contributed by atoms with Crippen molar-refractivity contribution >= 4 is 11.5 Å². The molecule has 1 atom stereocenters. The number of benzene rings is 1. The molecular formula is C16H22FN3S. The summed E-state index contributed by atoms with van der Waals surface area (Å²) in [6.45, 7) is 6.91. The van der Waals surface area contributed by atoms with E-state index in [1.165, 1.54) is 11.5 Å². The van der Waals surface area contributed by atoms with Crippen molar-refractivity contribution < 1.29 is 4.39 Å². The van der Waals surface area contributed by atoms with E-state index in [4.69, 9.17) is 0 Å².